The smallest absolute Gasteiger partial charge is 0.241 e. The number of aryl methyl sites for hydroxylation is 1. The molecule has 0 fully saturated rings. The van der Waals surface area contributed by atoms with Gasteiger partial charge in [-0.25, -0.2) is 9.97 Å². The van der Waals surface area contributed by atoms with Gasteiger partial charge >= 0.3 is 0 Å². The summed E-state index contributed by atoms with van der Waals surface area (Å²) in [5.74, 6) is -0.0279. The monoisotopic (exact) mass is 404 g/mol. The molecule has 0 radical (unpaired) electrons. The summed E-state index contributed by atoms with van der Waals surface area (Å²) in [7, 11) is 0. The van der Waals surface area contributed by atoms with Crippen LogP contribution in [-0.2, 0) is 11.2 Å². The van der Waals surface area contributed by atoms with Gasteiger partial charge in [0.25, 0.3) is 0 Å². The van der Waals surface area contributed by atoms with Crippen molar-refractivity contribution < 1.29 is 9.32 Å². The van der Waals surface area contributed by atoms with Crippen molar-refractivity contribution in [3.05, 3.63) is 83.3 Å². The van der Waals surface area contributed by atoms with Crippen LogP contribution in [-0.4, -0.2) is 21.0 Å². The van der Waals surface area contributed by atoms with E-state index in [2.05, 4.69) is 20.4 Å². The quantitative estimate of drug-likeness (QED) is 0.509. The van der Waals surface area contributed by atoms with Crippen molar-refractivity contribution in [2.24, 2.45) is 0 Å². The molecule has 1 amide bonds. The second-order valence-corrected chi connectivity index (χ2v) is 6.87. The Morgan fingerprint density at radius 3 is 2.66 bits per heavy atom. The van der Waals surface area contributed by atoms with Gasteiger partial charge < -0.3 is 4.52 Å². The lowest BCUT2D eigenvalue weighted by Gasteiger charge is -2.07. The first kappa shape index (κ1) is 18.8. The minimum Gasteiger partial charge on any atom is -0.337 e. The van der Waals surface area contributed by atoms with Crippen LogP contribution in [0.3, 0.4) is 0 Å². The van der Waals surface area contributed by atoms with Crippen molar-refractivity contribution in [3.63, 3.8) is 0 Å². The summed E-state index contributed by atoms with van der Waals surface area (Å²) in [4.78, 5) is 20.9. The van der Waals surface area contributed by atoms with Crippen LogP contribution in [0.1, 0.15) is 11.1 Å². The van der Waals surface area contributed by atoms with Crippen LogP contribution in [0.15, 0.2) is 71.6 Å². The molecule has 0 aliphatic heterocycles. The van der Waals surface area contributed by atoms with Crippen LogP contribution in [0, 0.1) is 6.92 Å². The molecule has 0 saturated heterocycles. The average Bonchev–Trinajstić information content (AvgIpc) is 3.14. The van der Waals surface area contributed by atoms with Crippen molar-refractivity contribution in [3.8, 4) is 22.5 Å². The van der Waals surface area contributed by atoms with Crippen molar-refractivity contribution in [1.29, 1.82) is 0 Å². The number of hydrogen-bond donors (Lipinski definition) is 1. The predicted molar refractivity (Wildman–Crippen MR) is 111 cm³/mol. The van der Waals surface area contributed by atoms with E-state index in [1.807, 2.05) is 49.4 Å². The number of amides is 1. The molecule has 0 spiro atoms. The van der Waals surface area contributed by atoms with Crippen LogP contribution in [0.5, 0.6) is 0 Å². The summed E-state index contributed by atoms with van der Waals surface area (Å²) < 4.78 is 5.52. The summed E-state index contributed by atoms with van der Waals surface area (Å²) in [6.07, 6.45) is 3.19. The largest absolute Gasteiger partial charge is 0.337 e. The van der Waals surface area contributed by atoms with Crippen LogP contribution in [0.2, 0.25) is 5.02 Å². The first-order valence-electron chi connectivity index (χ1n) is 8.99. The van der Waals surface area contributed by atoms with E-state index in [4.69, 9.17) is 16.1 Å². The highest BCUT2D eigenvalue weighted by molar-refractivity contribution is 6.31. The van der Waals surface area contributed by atoms with E-state index in [0.717, 1.165) is 16.7 Å². The number of hydrogen-bond acceptors (Lipinski definition) is 5. The van der Waals surface area contributed by atoms with E-state index in [1.54, 1.807) is 18.3 Å². The second-order valence-electron chi connectivity index (χ2n) is 6.46. The van der Waals surface area contributed by atoms with Gasteiger partial charge in [0.05, 0.1) is 17.7 Å². The number of carbonyl (C=O) groups is 1. The molecule has 2 heterocycles. The maximum absolute atomic E-state index is 12.6. The summed E-state index contributed by atoms with van der Waals surface area (Å²) in [6, 6.07) is 16.8. The highest BCUT2D eigenvalue weighted by Crippen LogP contribution is 2.37. The van der Waals surface area contributed by atoms with Gasteiger partial charge in [-0.05, 0) is 30.2 Å². The first-order chi connectivity index (χ1) is 14.1. The Kier molecular flexibility index (Phi) is 5.35. The van der Waals surface area contributed by atoms with Gasteiger partial charge in [-0.2, -0.15) is 0 Å². The first-order valence-corrected chi connectivity index (χ1v) is 9.36. The topological polar surface area (TPSA) is 80.9 Å². The fourth-order valence-corrected chi connectivity index (χ4v) is 3.26. The molecule has 6 nitrogen and oxygen atoms in total. The van der Waals surface area contributed by atoms with Crippen LogP contribution < -0.4 is 5.32 Å². The number of benzene rings is 2. The van der Waals surface area contributed by atoms with E-state index in [1.165, 1.54) is 6.33 Å². The van der Waals surface area contributed by atoms with Gasteiger partial charge in [0.15, 0.2) is 0 Å². The highest BCUT2D eigenvalue weighted by atomic mass is 35.5. The third-order valence-electron chi connectivity index (χ3n) is 4.49. The van der Waals surface area contributed by atoms with Gasteiger partial charge in [0.2, 0.25) is 11.8 Å². The van der Waals surface area contributed by atoms with E-state index in [0.29, 0.717) is 22.0 Å². The Balaban J connectivity index is 1.71. The maximum atomic E-state index is 12.6. The molecule has 0 bridgehead atoms. The molecular weight excluding hydrogens is 388 g/mol. The molecule has 2 aromatic carbocycles. The molecule has 29 heavy (non-hydrogen) atoms. The van der Waals surface area contributed by atoms with Crippen molar-refractivity contribution in [2.45, 2.75) is 13.3 Å². The van der Waals surface area contributed by atoms with Crippen LogP contribution in [0.4, 0.5) is 5.88 Å². The zero-order valence-corrected chi connectivity index (χ0v) is 16.3. The predicted octanol–water partition coefficient (Wildman–Crippen LogP) is 4.94. The third-order valence-corrected chi connectivity index (χ3v) is 4.86. The summed E-state index contributed by atoms with van der Waals surface area (Å²) >= 11 is 6.17. The number of aromatic nitrogens is 3. The molecular formula is C22H17ClN4O2. The number of carbonyl (C=O) groups excluding carboxylic acids is 1. The Morgan fingerprint density at radius 1 is 1.10 bits per heavy atom. The average molecular weight is 405 g/mol. The molecule has 1 N–H and O–H groups in total. The zero-order valence-electron chi connectivity index (χ0n) is 15.6. The summed E-state index contributed by atoms with van der Waals surface area (Å²) in [5.41, 5.74) is 4.48. The van der Waals surface area contributed by atoms with Gasteiger partial charge in [-0.15, -0.1) is 0 Å². The number of nitrogens with one attached hydrogen (secondary N) is 1. The van der Waals surface area contributed by atoms with E-state index in [9.17, 15) is 4.79 Å². The zero-order chi connectivity index (χ0) is 20.2. The Labute approximate surface area is 172 Å². The molecule has 0 unspecified atom stereocenters. The molecule has 144 valence electrons. The maximum Gasteiger partial charge on any atom is 0.241 e. The Hall–Kier alpha value is -3.51. The number of halogens is 1. The summed E-state index contributed by atoms with van der Waals surface area (Å²) in [5, 5.41) is 7.57. The molecule has 2 aromatic heterocycles. The second kappa shape index (κ2) is 8.24. The molecule has 4 rings (SSSR count). The van der Waals surface area contributed by atoms with E-state index in [-0.39, 0.29) is 18.2 Å². The normalized spacial score (nSPS) is 10.7. The van der Waals surface area contributed by atoms with Gasteiger partial charge in [-0.1, -0.05) is 59.2 Å². The van der Waals surface area contributed by atoms with Gasteiger partial charge in [0, 0.05) is 16.8 Å². The SMILES string of the molecule is Cc1ccccc1-c1noc(NC(=O)Cc2ccccc2Cl)c1-c1ccncn1. The fraction of sp³-hybridized carbons (Fsp3) is 0.0909. The Morgan fingerprint density at radius 2 is 1.90 bits per heavy atom. The Bertz CT molecular complexity index is 1160. The van der Waals surface area contributed by atoms with Gasteiger partial charge in [-0.3, -0.25) is 10.1 Å². The van der Waals surface area contributed by atoms with E-state index < -0.39 is 0 Å². The molecule has 4 aromatic rings. The fourth-order valence-electron chi connectivity index (χ4n) is 3.06. The molecule has 0 atom stereocenters. The van der Waals surface area contributed by atoms with Crippen LogP contribution in [0.25, 0.3) is 22.5 Å². The van der Waals surface area contributed by atoms with E-state index >= 15 is 0 Å². The minimum absolute atomic E-state index is 0.114. The third kappa shape index (κ3) is 4.02. The highest BCUT2D eigenvalue weighted by Gasteiger charge is 2.23. The lowest BCUT2D eigenvalue weighted by Crippen LogP contribution is -2.14. The minimum atomic E-state index is -0.263. The number of rotatable bonds is 5. The molecule has 0 aliphatic rings. The molecule has 7 heteroatoms. The van der Waals surface area contributed by atoms with Gasteiger partial charge in [0.1, 0.15) is 12.0 Å². The standard InChI is InChI=1S/C22H17ClN4O2/c1-14-6-2-4-8-16(14)21-20(18-10-11-24-13-25-18)22(29-27-21)26-19(28)12-15-7-3-5-9-17(15)23/h2-11,13H,12H2,1H3,(H,26,28). The van der Waals surface area contributed by atoms with Crippen molar-refractivity contribution >= 4 is 23.4 Å². The number of anilines is 1. The van der Waals surface area contributed by atoms with Crippen molar-refractivity contribution in [1.82, 2.24) is 15.1 Å². The molecule has 0 saturated carbocycles. The van der Waals surface area contributed by atoms with Crippen molar-refractivity contribution in [2.75, 3.05) is 5.32 Å². The van der Waals surface area contributed by atoms with Crippen LogP contribution >= 0.6 is 11.6 Å². The lowest BCUT2D eigenvalue weighted by molar-refractivity contribution is -0.115. The summed E-state index contributed by atoms with van der Waals surface area (Å²) in [6.45, 7) is 1.99. The molecule has 0 aliphatic carbocycles. The number of nitrogens with zero attached hydrogens (tertiary/aromatic N) is 3. The lowest BCUT2D eigenvalue weighted by atomic mass is 10.0.